The number of rotatable bonds is 0. The Bertz CT molecular complexity index is 144. The first-order chi connectivity index (χ1) is 5.20. The fourth-order valence-electron chi connectivity index (χ4n) is 1.52. The van der Waals surface area contributed by atoms with Gasteiger partial charge in [0.1, 0.15) is 5.78 Å². The van der Waals surface area contributed by atoms with Crippen LogP contribution in [0.15, 0.2) is 0 Å². The van der Waals surface area contributed by atoms with Crippen molar-refractivity contribution in [1.82, 2.24) is 0 Å². The Morgan fingerprint density at radius 1 is 1.36 bits per heavy atom. The molecule has 0 bridgehead atoms. The van der Waals surface area contributed by atoms with Gasteiger partial charge in [-0.15, -0.1) is 0 Å². The van der Waals surface area contributed by atoms with Crippen molar-refractivity contribution in [2.45, 2.75) is 44.3 Å². The monoisotopic (exact) mass is 172 g/mol. The van der Waals surface area contributed by atoms with Crippen molar-refractivity contribution >= 4 is 18.4 Å². The first-order valence-electron chi connectivity index (χ1n) is 4.41. The molecule has 1 aliphatic carbocycles. The molecule has 0 aromatic carbocycles. The first-order valence-corrected chi connectivity index (χ1v) is 4.92. The lowest BCUT2D eigenvalue weighted by atomic mass is 9.92. The van der Waals surface area contributed by atoms with Crippen molar-refractivity contribution in [3.05, 3.63) is 0 Å². The molecule has 64 valence electrons. The summed E-state index contributed by atoms with van der Waals surface area (Å²) in [5, 5.41) is 0.0301. The molecule has 1 aliphatic rings. The lowest BCUT2D eigenvalue weighted by Gasteiger charge is -2.17. The lowest BCUT2D eigenvalue weighted by molar-refractivity contribution is -0.119. The van der Waals surface area contributed by atoms with Gasteiger partial charge in [-0.25, -0.2) is 0 Å². The fourth-order valence-corrected chi connectivity index (χ4v) is 1.83. The van der Waals surface area contributed by atoms with E-state index in [1.807, 2.05) is 0 Å². The molecule has 0 spiro atoms. The molecule has 0 heterocycles. The van der Waals surface area contributed by atoms with Gasteiger partial charge in [0.25, 0.3) is 0 Å². The molecule has 2 unspecified atom stereocenters. The van der Waals surface area contributed by atoms with Gasteiger partial charge in [0.2, 0.25) is 0 Å². The summed E-state index contributed by atoms with van der Waals surface area (Å²) >= 11 is 4.25. The van der Waals surface area contributed by atoms with Gasteiger partial charge in [-0.1, -0.05) is 19.8 Å². The summed E-state index contributed by atoms with van der Waals surface area (Å²) in [5.74, 6) is 1.08. The molecule has 0 aliphatic heterocycles. The van der Waals surface area contributed by atoms with Crippen molar-refractivity contribution in [3.8, 4) is 0 Å². The van der Waals surface area contributed by atoms with Gasteiger partial charge in [0.15, 0.2) is 0 Å². The van der Waals surface area contributed by atoms with Gasteiger partial charge < -0.3 is 0 Å². The maximum absolute atomic E-state index is 11.2. The average molecular weight is 172 g/mol. The van der Waals surface area contributed by atoms with Crippen molar-refractivity contribution in [2.24, 2.45) is 5.92 Å². The predicted molar refractivity (Wildman–Crippen MR) is 50.0 cm³/mol. The van der Waals surface area contributed by atoms with E-state index in [-0.39, 0.29) is 5.25 Å². The minimum absolute atomic E-state index is 0.0301. The third kappa shape index (κ3) is 2.86. The van der Waals surface area contributed by atoms with Crippen LogP contribution in [0.2, 0.25) is 0 Å². The molecule has 11 heavy (non-hydrogen) atoms. The van der Waals surface area contributed by atoms with Gasteiger partial charge >= 0.3 is 0 Å². The van der Waals surface area contributed by atoms with Crippen LogP contribution in [0.1, 0.15) is 39.0 Å². The number of Topliss-reactive ketones (excluding diaryl/α,β-unsaturated/α-hetero) is 1. The normalized spacial score (nSPS) is 34.5. The Morgan fingerprint density at radius 2 is 2.09 bits per heavy atom. The SMILES string of the molecule is CC1CCCC(S)C(=O)CC1. The maximum Gasteiger partial charge on any atom is 0.145 e. The van der Waals surface area contributed by atoms with Crippen molar-refractivity contribution in [1.29, 1.82) is 0 Å². The van der Waals surface area contributed by atoms with Crippen LogP contribution in [0.3, 0.4) is 0 Å². The van der Waals surface area contributed by atoms with E-state index in [2.05, 4.69) is 19.6 Å². The maximum atomic E-state index is 11.2. The predicted octanol–water partition coefficient (Wildman–Crippen LogP) is 2.45. The van der Waals surface area contributed by atoms with Crippen LogP contribution in [0, 0.1) is 5.92 Å². The summed E-state index contributed by atoms with van der Waals surface area (Å²) in [6.07, 6.45) is 5.23. The topological polar surface area (TPSA) is 17.1 Å². The highest BCUT2D eigenvalue weighted by molar-refractivity contribution is 7.81. The minimum atomic E-state index is 0.0301. The van der Waals surface area contributed by atoms with E-state index in [9.17, 15) is 4.79 Å². The van der Waals surface area contributed by atoms with Crippen LogP contribution >= 0.6 is 12.6 Å². The van der Waals surface area contributed by atoms with Gasteiger partial charge in [-0.05, 0) is 18.8 Å². The summed E-state index contributed by atoms with van der Waals surface area (Å²) in [5.41, 5.74) is 0. The van der Waals surface area contributed by atoms with Gasteiger partial charge in [0, 0.05) is 6.42 Å². The Morgan fingerprint density at radius 3 is 2.82 bits per heavy atom. The largest absolute Gasteiger partial charge is 0.298 e. The molecular formula is C9H16OS. The molecule has 1 rings (SSSR count). The van der Waals surface area contributed by atoms with Crippen LogP contribution in [0.4, 0.5) is 0 Å². The molecule has 0 radical (unpaired) electrons. The molecule has 1 saturated carbocycles. The summed E-state index contributed by atoms with van der Waals surface area (Å²) in [6, 6.07) is 0. The smallest absolute Gasteiger partial charge is 0.145 e. The molecule has 0 aromatic heterocycles. The number of carbonyl (C=O) groups excluding carboxylic acids is 1. The molecule has 1 fully saturated rings. The zero-order valence-corrected chi connectivity index (χ0v) is 7.94. The molecule has 1 nitrogen and oxygen atoms in total. The molecule has 0 amide bonds. The first kappa shape index (κ1) is 9.11. The van der Waals surface area contributed by atoms with Crippen molar-refractivity contribution in [3.63, 3.8) is 0 Å². The van der Waals surface area contributed by atoms with Gasteiger partial charge in [0.05, 0.1) is 5.25 Å². The van der Waals surface area contributed by atoms with Crippen LogP contribution < -0.4 is 0 Å². The molecular weight excluding hydrogens is 156 g/mol. The van der Waals surface area contributed by atoms with Crippen LogP contribution in [-0.4, -0.2) is 11.0 Å². The van der Waals surface area contributed by atoms with E-state index >= 15 is 0 Å². The van der Waals surface area contributed by atoms with E-state index < -0.39 is 0 Å². The van der Waals surface area contributed by atoms with Crippen LogP contribution in [0.5, 0.6) is 0 Å². The Labute approximate surface area is 74.0 Å². The van der Waals surface area contributed by atoms with E-state index in [0.717, 1.165) is 25.2 Å². The molecule has 0 N–H and O–H groups in total. The van der Waals surface area contributed by atoms with Crippen molar-refractivity contribution < 1.29 is 4.79 Å². The number of hydrogen-bond acceptors (Lipinski definition) is 2. The number of ketones is 1. The zero-order chi connectivity index (χ0) is 8.27. The Hall–Kier alpha value is 0.0200. The summed E-state index contributed by atoms with van der Waals surface area (Å²) in [6.45, 7) is 2.23. The lowest BCUT2D eigenvalue weighted by Crippen LogP contribution is -2.18. The van der Waals surface area contributed by atoms with Gasteiger partial charge in [-0.2, -0.15) is 12.6 Å². The third-order valence-electron chi connectivity index (χ3n) is 2.43. The minimum Gasteiger partial charge on any atom is -0.298 e. The molecule has 0 aromatic rings. The van der Waals surface area contributed by atoms with Crippen LogP contribution in [-0.2, 0) is 4.79 Å². The second-order valence-corrected chi connectivity index (χ2v) is 4.18. The molecule has 0 saturated heterocycles. The van der Waals surface area contributed by atoms with E-state index in [0.29, 0.717) is 5.78 Å². The second-order valence-electron chi connectivity index (χ2n) is 3.56. The number of hydrogen-bond donors (Lipinski definition) is 1. The highest BCUT2D eigenvalue weighted by Gasteiger charge is 2.17. The zero-order valence-electron chi connectivity index (χ0n) is 7.05. The average Bonchev–Trinajstić information content (AvgIpc) is 1.98. The summed E-state index contributed by atoms with van der Waals surface area (Å²) in [7, 11) is 0. The fraction of sp³-hybridized carbons (Fsp3) is 0.889. The van der Waals surface area contributed by atoms with Gasteiger partial charge in [-0.3, -0.25) is 4.79 Å². The highest BCUT2D eigenvalue weighted by Crippen LogP contribution is 2.22. The van der Waals surface area contributed by atoms with Crippen LogP contribution in [0.25, 0.3) is 0 Å². The standard InChI is InChI=1S/C9H16OS/c1-7-3-2-4-9(11)8(10)6-5-7/h7,9,11H,2-6H2,1H3. The Kier molecular flexibility index (Phi) is 3.44. The second kappa shape index (κ2) is 4.15. The van der Waals surface area contributed by atoms with E-state index in [4.69, 9.17) is 0 Å². The van der Waals surface area contributed by atoms with E-state index in [1.165, 1.54) is 12.8 Å². The number of carbonyl (C=O) groups is 1. The molecule has 2 heteroatoms. The highest BCUT2D eigenvalue weighted by atomic mass is 32.1. The van der Waals surface area contributed by atoms with E-state index in [1.54, 1.807) is 0 Å². The number of thiol groups is 1. The van der Waals surface area contributed by atoms with Crippen molar-refractivity contribution in [2.75, 3.05) is 0 Å². The molecule has 2 atom stereocenters. The third-order valence-corrected chi connectivity index (χ3v) is 2.98. The summed E-state index contributed by atoms with van der Waals surface area (Å²) < 4.78 is 0. The quantitative estimate of drug-likeness (QED) is 0.555. The summed E-state index contributed by atoms with van der Waals surface area (Å²) in [4.78, 5) is 11.2. The Balaban J connectivity index is 2.41.